The lowest BCUT2D eigenvalue weighted by Gasteiger charge is -2.19. The quantitative estimate of drug-likeness (QED) is 0.513. The normalized spacial score (nSPS) is 11.9. The summed E-state index contributed by atoms with van der Waals surface area (Å²) in [5.41, 5.74) is 9.33. The number of rotatable bonds is 9. The van der Waals surface area contributed by atoms with E-state index in [0.717, 1.165) is 24.3 Å². The third-order valence-corrected chi connectivity index (χ3v) is 5.73. The first-order chi connectivity index (χ1) is 14.1. The Kier molecular flexibility index (Phi) is 7.30. The van der Waals surface area contributed by atoms with Crippen LogP contribution in [0, 0.1) is 0 Å². The van der Waals surface area contributed by atoms with Crippen LogP contribution in [0.15, 0.2) is 59.8 Å². The van der Waals surface area contributed by atoms with Crippen molar-refractivity contribution in [1.82, 2.24) is 14.8 Å². The second-order valence-electron chi connectivity index (χ2n) is 6.76. The van der Waals surface area contributed by atoms with E-state index in [1.165, 1.54) is 11.1 Å². The van der Waals surface area contributed by atoms with E-state index in [1.54, 1.807) is 16.3 Å². The van der Waals surface area contributed by atoms with Crippen LogP contribution in [-0.4, -0.2) is 26.4 Å². The maximum Gasteiger partial charge on any atom is 0.247 e. The number of anilines is 2. The largest absolute Gasteiger partial charge is 0.368 e. The number of hydrogen-bond acceptors (Lipinski definition) is 5. The summed E-state index contributed by atoms with van der Waals surface area (Å²) in [4.78, 5) is 12.9. The molecule has 1 atom stereocenters. The Morgan fingerprint density at radius 1 is 1.07 bits per heavy atom. The van der Waals surface area contributed by atoms with Crippen molar-refractivity contribution in [2.24, 2.45) is 0 Å². The van der Waals surface area contributed by atoms with E-state index in [1.807, 2.05) is 49.4 Å². The molecule has 3 N–H and O–H groups in total. The molecule has 1 amide bonds. The molecular formula is C22H27N5OS. The first-order valence-electron chi connectivity index (χ1n) is 9.89. The van der Waals surface area contributed by atoms with Crippen molar-refractivity contribution in [1.29, 1.82) is 0 Å². The third kappa shape index (κ3) is 5.38. The van der Waals surface area contributed by atoms with Crippen LogP contribution in [0.2, 0.25) is 0 Å². The van der Waals surface area contributed by atoms with E-state index in [9.17, 15) is 4.79 Å². The molecule has 0 aliphatic carbocycles. The molecule has 0 saturated carbocycles. The van der Waals surface area contributed by atoms with Crippen LogP contribution in [0.4, 0.5) is 11.6 Å². The van der Waals surface area contributed by atoms with Crippen molar-refractivity contribution in [3.8, 4) is 0 Å². The lowest BCUT2D eigenvalue weighted by molar-refractivity contribution is -0.119. The van der Waals surface area contributed by atoms with Crippen LogP contribution in [0.25, 0.3) is 0 Å². The van der Waals surface area contributed by atoms with Crippen molar-refractivity contribution in [3.05, 3.63) is 65.7 Å². The molecule has 0 aliphatic heterocycles. The zero-order chi connectivity index (χ0) is 20.6. The summed E-state index contributed by atoms with van der Waals surface area (Å²) in [5, 5.41) is 11.9. The van der Waals surface area contributed by atoms with Gasteiger partial charge < -0.3 is 11.1 Å². The van der Waals surface area contributed by atoms with E-state index in [-0.39, 0.29) is 11.9 Å². The number of nitrogens with one attached hydrogen (secondary N) is 1. The fraction of sp³-hybridized carbons (Fsp3) is 0.318. The second kappa shape index (κ2) is 10.1. The number of amides is 1. The highest BCUT2D eigenvalue weighted by Gasteiger charge is 2.25. The van der Waals surface area contributed by atoms with Crippen LogP contribution < -0.4 is 11.1 Å². The second-order valence-corrected chi connectivity index (χ2v) is 7.82. The highest BCUT2D eigenvalue weighted by atomic mass is 32.2. The van der Waals surface area contributed by atoms with Gasteiger partial charge in [-0.1, -0.05) is 68.1 Å². The average Bonchev–Trinajstić information content (AvgIpc) is 3.10. The van der Waals surface area contributed by atoms with Gasteiger partial charge in [0, 0.05) is 11.4 Å². The zero-order valence-electron chi connectivity index (χ0n) is 16.8. The Morgan fingerprint density at radius 2 is 1.79 bits per heavy atom. The zero-order valence-corrected chi connectivity index (χ0v) is 17.7. The van der Waals surface area contributed by atoms with Crippen molar-refractivity contribution in [3.63, 3.8) is 0 Å². The monoisotopic (exact) mass is 409 g/mol. The van der Waals surface area contributed by atoms with Crippen molar-refractivity contribution in [2.75, 3.05) is 16.8 Å². The number of carbonyl (C=O) groups excluding carboxylic acids is 1. The van der Waals surface area contributed by atoms with Crippen LogP contribution in [0.1, 0.15) is 37.4 Å². The molecule has 7 heteroatoms. The van der Waals surface area contributed by atoms with Gasteiger partial charge in [0.1, 0.15) is 6.04 Å². The molecule has 1 unspecified atom stereocenters. The third-order valence-electron chi connectivity index (χ3n) is 4.79. The smallest absolute Gasteiger partial charge is 0.247 e. The Morgan fingerprint density at radius 3 is 2.45 bits per heavy atom. The van der Waals surface area contributed by atoms with Gasteiger partial charge >= 0.3 is 0 Å². The molecule has 6 nitrogen and oxygen atoms in total. The summed E-state index contributed by atoms with van der Waals surface area (Å²) in [6, 6.07) is 17.7. The van der Waals surface area contributed by atoms with Crippen LogP contribution >= 0.6 is 11.8 Å². The van der Waals surface area contributed by atoms with Gasteiger partial charge in [-0.05, 0) is 42.5 Å². The highest BCUT2D eigenvalue weighted by Crippen LogP contribution is 2.26. The van der Waals surface area contributed by atoms with Crippen LogP contribution in [0.5, 0.6) is 0 Å². The SMILES string of the molecule is CCc1ccc(NC(=O)C(CC)n2c(N)nnc2SCCc2ccccc2)cc1. The number of carbonyl (C=O) groups is 1. The fourth-order valence-corrected chi connectivity index (χ4v) is 4.10. The number of nitrogens with two attached hydrogens (primary N) is 1. The molecule has 2 aromatic carbocycles. The summed E-state index contributed by atoms with van der Waals surface area (Å²) >= 11 is 1.56. The number of thioether (sulfide) groups is 1. The Balaban J connectivity index is 1.69. The Labute approximate surface area is 175 Å². The first kappa shape index (κ1) is 20.9. The van der Waals surface area contributed by atoms with E-state index in [4.69, 9.17) is 5.73 Å². The molecule has 0 radical (unpaired) electrons. The molecule has 1 heterocycles. The van der Waals surface area contributed by atoms with E-state index in [0.29, 0.717) is 11.6 Å². The summed E-state index contributed by atoms with van der Waals surface area (Å²) in [5.74, 6) is 0.974. The number of nitrogen functional groups attached to an aromatic ring is 1. The van der Waals surface area contributed by atoms with Crippen molar-refractivity contribution in [2.45, 2.75) is 44.3 Å². The first-order valence-corrected chi connectivity index (χ1v) is 10.9. The predicted octanol–water partition coefficient (Wildman–Crippen LogP) is 4.35. The minimum atomic E-state index is -0.463. The average molecular weight is 410 g/mol. The summed E-state index contributed by atoms with van der Waals surface area (Å²) < 4.78 is 1.74. The number of aryl methyl sites for hydroxylation is 2. The molecular weight excluding hydrogens is 382 g/mol. The summed E-state index contributed by atoms with van der Waals surface area (Å²) in [6.07, 6.45) is 2.46. The Hall–Kier alpha value is -2.80. The predicted molar refractivity (Wildman–Crippen MR) is 119 cm³/mol. The van der Waals surface area contributed by atoms with Gasteiger partial charge in [0.05, 0.1) is 0 Å². The van der Waals surface area contributed by atoms with Gasteiger partial charge in [0.25, 0.3) is 0 Å². The molecule has 0 spiro atoms. The number of hydrogen-bond donors (Lipinski definition) is 2. The van der Waals surface area contributed by atoms with Gasteiger partial charge in [-0.2, -0.15) is 0 Å². The van der Waals surface area contributed by atoms with E-state index in [2.05, 4.69) is 34.6 Å². The summed E-state index contributed by atoms with van der Waals surface area (Å²) in [7, 11) is 0. The van der Waals surface area contributed by atoms with Gasteiger partial charge in [0.2, 0.25) is 11.9 Å². The lowest BCUT2D eigenvalue weighted by atomic mass is 10.1. The molecule has 0 bridgehead atoms. The molecule has 3 rings (SSSR count). The van der Waals surface area contributed by atoms with Gasteiger partial charge in [0.15, 0.2) is 5.16 Å². The lowest BCUT2D eigenvalue weighted by Crippen LogP contribution is -2.27. The van der Waals surface area contributed by atoms with Gasteiger partial charge in [-0.15, -0.1) is 10.2 Å². The molecule has 3 aromatic rings. The topological polar surface area (TPSA) is 85.8 Å². The maximum absolute atomic E-state index is 12.9. The maximum atomic E-state index is 12.9. The molecule has 0 aliphatic rings. The summed E-state index contributed by atoms with van der Waals surface area (Å²) in [6.45, 7) is 4.06. The van der Waals surface area contributed by atoms with E-state index < -0.39 is 6.04 Å². The molecule has 1 aromatic heterocycles. The number of benzene rings is 2. The van der Waals surface area contributed by atoms with Gasteiger partial charge in [-0.25, -0.2) is 0 Å². The fourth-order valence-electron chi connectivity index (χ4n) is 3.12. The van der Waals surface area contributed by atoms with Crippen molar-refractivity contribution < 1.29 is 4.79 Å². The molecule has 0 fully saturated rings. The molecule has 152 valence electrons. The van der Waals surface area contributed by atoms with Crippen molar-refractivity contribution >= 4 is 29.3 Å². The minimum Gasteiger partial charge on any atom is -0.368 e. The highest BCUT2D eigenvalue weighted by molar-refractivity contribution is 7.99. The molecule has 29 heavy (non-hydrogen) atoms. The Bertz CT molecular complexity index is 924. The van der Waals surface area contributed by atoms with Crippen LogP contribution in [0.3, 0.4) is 0 Å². The molecule has 0 saturated heterocycles. The number of nitrogens with zero attached hydrogens (tertiary/aromatic N) is 3. The van der Waals surface area contributed by atoms with Gasteiger partial charge in [-0.3, -0.25) is 9.36 Å². The standard InChI is InChI=1S/C22H27N5OS/c1-3-16-10-12-18(13-11-16)24-20(28)19(4-2)27-21(23)25-26-22(27)29-15-14-17-8-6-5-7-9-17/h5-13,19H,3-4,14-15H2,1-2H3,(H2,23,25)(H,24,28). The number of aromatic nitrogens is 3. The van der Waals surface area contributed by atoms with Crippen LogP contribution in [-0.2, 0) is 17.6 Å². The van der Waals surface area contributed by atoms with E-state index >= 15 is 0 Å². The minimum absolute atomic E-state index is 0.117.